The first-order valence-electron chi connectivity index (χ1n) is 10.7. The number of hydrogen-bond donors (Lipinski definition) is 1. The van der Waals surface area contributed by atoms with Crippen LogP contribution < -0.4 is 10.1 Å². The van der Waals surface area contributed by atoms with Gasteiger partial charge in [0.05, 0.1) is 43.6 Å². The van der Waals surface area contributed by atoms with Gasteiger partial charge in [-0.15, -0.1) is 0 Å². The van der Waals surface area contributed by atoms with Crippen LogP contribution in [-0.4, -0.2) is 53.0 Å². The molecular formula is C23H29N5O3. The van der Waals surface area contributed by atoms with Crippen LogP contribution in [-0.2, 0) is 11.4 Å². The zero-order valence-corrected chi connectivity index (χ0v) is 18.3. The number of anilines is 1. The first-order valence-corrected chi connectivity index (χ1v) is 10.7. The number of aromatic nitrogens is 3. The average molecular weight is 424 g/mol. The van der Waals surface area contributed by atoms with E-state index in [9.17, 15) is 4.79 Å². The van der Waals surface area contributed by atoms with Crippen LogP contribution >= 0.6 is 0 Å². The van der Waals surface area contributed by atoms with Crippen molar-refractivity contribution in [3.05, 3.63) is 47.8 Å². The molecule has 2 aromatic heterocycles. The van der Waals surface area contributed by atoms with Crippen LogP contribution in [0.15, 0.2) is 36.7 Å². The maximum absolute atomic E-state index is 12.9. The van der Waals surface area contributed by atoms with E-state index in [0.717, 1.165) is 40.9 Å². The summed E-state index contributed by atoms with van der Waals surface area (Å²) in [4.78, 5) is 22.6. The van der Waals surface area contributed by atoms with E-state index in [-0.39, 0.29) is 5.91 Å². The molecule has 2 heterocycles. The number of hydroxylamine groups is 2. The molecule has 1 amide bonds. The lowest BCUT2D eigenvalue weighted by atomic mass is 9.95. The van der Waals surface area contributed by atoms with Crippen molar-refractivity contribution in [2.75, 3.05) is 26.6 Å². The number of ether oxygens (including phenoxy) is 1. The second kappa shape index (κ2) is 9.34. The van der Waals surface area contributed by atoms with Crippen LogP contribution in [0.4, 0.5) is 5.69 Å². The van der Waals surface area contributed by atoms with E-state index < -0.39 is 0 Å². The summed E-state index contributed by atoms with van der Waals surface area (Å²) in [5, 5.41) is 10.3. The first-order chi connectivity index (χ1) is 15.1. The van der Waals surface area contributed by atoms with Gasteiger partial charge in [-0.1, -0.05) is 31.4 Å². The molecule has 1 saturated carbocycles. The van der Waals surface area contributed by atoms with Crippen LogP contribution in [0, 0.1) is 0 Å². The molecule has 8 nitrogen and oxygen atoms in total. The minimum absolute atomic E-state index is 0.238. The Bertz CT molecular complexity index is 1040. The molecule has 1 aromatic carbocycles. The maximum Gasteiger partial charge on any atom is 0.280 e. The number of carbonyl (C=O) groups excluding carboxylic acids is 1. The first kappa shape index (κ1) is 21.1. The van der Waals surface area contributed by atoms with E-state index in [4.69, 9.17) is 9.57 Å². The van der Waals surface area contributed by atoms with Gasteiger partial charge in [0.25, 0.3) is 5.91 Å². The third-order valence-corrected chi connectivity index (χ3v) is 5.90. The van der Waals surface area contributed by atoms with E-state index in [1.807, 2.05) is 28.9 Å². The van der Waals surface area contributed by atoms with E-state index >= 15 is 0 Å². The van der Waals surface area contributed by atoms with E-state index in [1.165, 1.54) is 31.4 Å². The molecule has 1 fully saturated rings. The van der Waals surface area contributed by atoms with Crippen LogP contribution in [0.2, 0.25) is 0 Å². The van der Waals surface area contributed by atoms with E-state index in [0.29, 0.717) is 18.2 Å². The largest absolute Gasteiger partial charge is 0.497 e. The van der Waals surface area contributed by atoms with E-state index in [2.05, 4.69) is 15.4 Å². The Morgan fingerprint density at radius 1 is 1.16 bits per heavy atom. The number of nitrogens with one attached hydrogen (secondary N) is 1. The van der Waals surface area contributed by atoms with Crippen molar-refractivity contribution in [1.29, 1.82) is 0 Å². The molecule has 164 valence electrons. The molecular weight excluding hydrogens is 394 g/mol. The van der Waals surface area contributed by atoms with Crippen molar-refractivity contribution in [3.8, 4) is 5.75 Å². The van der Waals surface area contributed by atoms with Gasteiger partial charge in [0.2, 0.25) is 0 Å². The molecule has 0 aliphatic heterocycles. The second-order valence-electron chi connectivity index (χ2n) is 7.90. The second-order valence-corrected chi connectivity index (χ2v) is 7.90. The number of hydrogen-bond acceptors (Lipinski definition) is 6. The standard InChI is InChI=1S/C23H29N5O3/c1-27(31-3)23(29)20-13-24-22-19(21(20)26-17-7-5-4-6-8-17)14-25-28(22)15-16-9-11-18(30-2)12-10-16/h9-14,17H,4-8,15H2,1-3H3,(H,24,26). The van der Waals surface area contributed by atoms with Gasteiger partial charge in [0.1, 0.15) is 5.75 Å². The van der Waals surface area contributed by atoms with Crippen LogP contribution in [0.25, 0.3) is 11.0 Å². The minimum atomic E-state index is -0.238. The summed E-state index contributed by atoms with van der Waals surface area (Å²) in [6, 6.07) is 8.23. The summed E-state index contributed by atoms with van der Waals surface area (Å²) < 4.78 is 7.10. The highest BCUT2D eigenvalue weighted by atomic mass is 16.7. The Hall–Kier alpha value is -3.13. The fourth-order valence-corrected chi connectivity index (χ4v) is 4.07. The lowest BCUT2D eigenvalue weighted by molar-refractivity contribution is -0.0756. The average Bonchev–Trinajstić information content (AvgIpc) is 3.22. The number of fused-ring (bicyclic) bond motifs is 1. The topological polar surface area (TPSA) is 81.5 Å². The molecule has 0 bridgehead atoms. The number of pyridine rings is 1. The number of nitrogens with zero attached hydrogens (tertiary/aromatic N) is 4. The van der Waals surface area contributed by atoms with Crippen molar-refractivity contribution < 1.29 is 14.4 Å². The van der Waals surface area contributed by atoms with Crippen LogP contribution in [0.1, 0.15) is 48.0 Å². The maximum atomic E-state index is 12.9. The predicted molar refractivity (Wildman–Crippen MR) is 119 cm³/mol. The number of carbonyl (C=O) groups is 1. The van der Waals surface area contributed by atoms with Crippen molar-refractivity contribution in [2.45, 2.75) is 44.7 Å². The van der Waals surface area contributed by atoms with Crippen LogP contribution in [0.5, 0.6) is 5.75 Å². The Balaban J connectivity index is 1.71. The Kier molecular flexibility index (Phi) is 6.36. The molecule has 8 heteroatoms. The number of methoxy groups -OCH3 is 1. The molecule has 4 rings (SSSR count). The number of benzene rings is 1. The van der Waals surface area contributed by atoms with Crippen molar-refractivity contribution in [2.24, 2.45) is 0 Å². The molecule has 0 spiro atoms. The molecule has 0 atom stereocenters. The van der Waals surface area contributed by atoms with Gasteiger partial charge in [0, 0.05) is 19.3 Å². The monoisotopic (exact) mass is 423 g/mol. The number of amides is 1. The zero-order valence-electron chi connectivity index (χ0n) is 18.3. The van der Waals surface area contributed by atoms with Gasteiger partial charge in [-0.3, -0.25) is 9.63 Å². The summed E-state index contributed by atoms with van der Waals surface area (Å²) in [7, 11) is 4.73. The molecule has 0 radical (unpaired) electrons. The van der Waals surface area contributed by atoms with Crippen molar-refractivity contribution in [3.63, 3.8) is 0 Å². The smallest absolute Gasteiger partial charge is 0.280 e. The lowest BCUT2D eigenvalue weighted by Gasteiger charge is -2.26. The molecule has 3 aromatic rings. The fraction of sp³-hybridized carbons (Fsp3) is 0.435. The van der Waals surface area contributed by atoms with Gasteiger partial charge in [-0.25, -0.2) is 14.7 Å². The molecule has 1 N–H and O–H groups in total. The summed E-state index contributed by atoms with van der Waals surface area (Å²) >= 11 is 0. The molecule has 31 heavy (non-hydrogen) atoms. The van der Waals surface area contributed by atoms with Crippen LogP contribution in [0.3, 0.4) is 0 Å². The van der Waals surface area contributed by atoms with Crippen molar-refractivity contribution in [1.82, 2.24) is 19.8 Å². The zero-order chi connectivity index (χ0) is 21.8. The van der Waals surface area contributed by atoms with Gasteiger partial charge in [-0.2, -0.15) is 5.10 Å². The lowest BCUT2D eigenvalue weighted by Crippen LogP contribution is -2.29. The minimum Gasteiger partial charge on any atom is -0.497 e. The highest BCUT2D eigenvalue weighted by Crippen LogP contribution is 2.31. The highest BCUT2D eigenvalue weighted by Gasteiger charge is 2.24. The van der Waals surface area contributed by atoms with Gasteiger partial charge >= 0.3 is 0 Å². The Labute approximate surface area is 182 Å². The third kappa shape index (κ3) is 4.49. The molecule has 0 unspecified atom stereocenters. The normalized spacial score (nSPS) is 14.5. The molecule has 0 saturated heterocycles. The third-order valence-electron chi connectivity index (χ3n) is 5.90. The number of rotatable bonds is 7. The van der Waals surface area contributed by atoms with Gasteiger partial charge < -0.3 is 10.1 Å². The van der Waals surface area contributed by atoms with E-state index in [1.54, 1.807) is 26.6 Å². The summed E-state index contributed by atoms with van der Waals surface area (Å²) in [6.07, 6.45) is 9.27. The SMILES string of the molecule is COc1ccc(Cn2ncc3c(NC4CCCCC4)c(C(=O)N(C)OC)cnc32)cc1. The fourth-order valence-electron chi connectivity index (χ4n) is 4.07. The molecule has 1 aliphatic carbocycles. The highest BCUT2D eigenvalue weighted by molar-refractivity contribution is 6.06. The molecule has 1 aliphatic rings. The summed E-state index contributed by atoms with van der Waals surface area (Å²) in [6.45, 7) is 0.578. The van der Waals surface area contributed by atoms with Crippen molar-refractivity contribution >= 4 is 22.6 Å². The quantitative estimate of drug-likeness (QED) is 0.581. The summed E-state index contributed by atoms with van der Waals surface area (Å²) in [5.74, 6) is 0.578. The summed E-state index contributed by atoms with van der Waals surface area (Å²) in [5.41, 5.74) is 3.11. The van der Waals surface area contributed by atoms with Gasteiger partial charge in [0.15, 0.2) is 5.65 Å². The Morgan fingerprint density at radius 3 is 2.58 bits per heavy atom. The Morgan fingerprint density at radius 2 is 1.90 bits per heavy atom. The predicted octanol–water partition coefficient (Wildman–Crippen LogP) is 3.87. The van der Waals surface area contributed by atoms with Gasteiger partial charge in [-0.05, 0) is 30.5 Å².